The highest BCUT2D eigenvalue weighted by Crippen LogP contribution is 2.05. The van der Waals surface area contributed by atoms with Gasteiger partial charge in [-0.05, 0) is 5.92 Å². The molecule has 1 aliphatic rings. The average molecular weight is 214 g/mol. The van der Waals surface area contributed by atoms with Gasteiger partial charge >= 0.3 is 5.97 Å². The molecule has 1 N–H and O–H groups in total. The van der Waals surface area contributed by atoms with Gasteiger partial charge in [0.15, 0.2) is 0 Å². The van der Waals surface area contributed by atoms with Crippen LogP contribution in [0.4, 0.5) is 0 Å². The first-order chi connectivity index (χ1) is 7.08. The van der Waals surface area contributed by atoms with Crippen molar-refractivity contribution in [3.63, 3.8) is 0 Å². The van der Waals surface area contributed by atoms with E-state index in [9.17, 15) is 4.79 Å². The summed E-state index contributed by atoms with van der Waals surface area (Å²) < 4.78 is 0. The predicted octanol–water partition coefficient (Wildman–Crippen LogP) is 0.735. The van der Waals surface area contributed by atoms with E-state index in [1.165, 1.54) is 0 Å². The fourth-order valence-electron chi connectivity index (χ4n) is 1.97. The van der Waals surface area contributed by atoms with E-state index in [2.05, 4.69) is 23.6 Å². The lowest BCUT2D eigenvalue weighted by Crippen LogP contribution is -2.47. The van der Waals surface area contributed by atoms with Crippen LogP contribution in [0.1, 0.15) is 20.3 Å². The summed E-state index contributed by atoms with van der Waals surface area (Å²) in [6.45, 7) is 10.5. The van der Waals surface area contributed by atoms with Crippen LogP contribution in [0.15, 0.2) is 0 Å². The maximum absolute atomic E-state index is 10.4. The summed E-state index contributed by atoms with van der Waals surface area (Å²) in [6.07, 6.45) is 0.268. The molecule has 1 aliphatic heterocycles. The summed E-state index contributed by atoms with van der Waals surface area (Å²) in [4.78, 5) is 15.1. The van der Waals surface area contributed by atoms with Gasteiger partial charge in [-0.25, -0.2) is 0 Å². The number of hydrogen-bond donors (Lipinski definition) is 1. The molecule has 88 valence electrons. The fraction of sp³-hybridized carbons (Fsp3) is 0.909. The maximum Gasteiger partial charge on any atom is 0.304 e. The second-order valence-corrected chi connectivity index (χ2v) is 4.68. The zero-order valence-corrected chi connectivity index (χ0v) is 9.78. The van der Waals surface area contributed by atoms with Crippen molar-refractivity contribution in [2.45, 2.75) is 20.3 Å². The first-order valence-electron chi connectivity index (χ1n) is 5.74. The second kappa shape index (κ2) is 6.08. The van der Waals surface area contributed by atoms with Crippen LogP contribution in [0, 0.1) is 5.92 Å². The lowest BCUT2D eigenvalue weighted by Gasteiger charge is -2.35. The maximum atomic E-state index is 10.4. The zero-order valence-electron chi connectivity index (χ0n) is 9.78. The molecule has 0 aliphatic carbocycles. The third kappa shape index (κ3) is 5.14. The standard InChI is InChI=1S/C11H22N2O2/c1-10(2)9-13-7-5-12(6-8-13)4-3-11(14)15/h10H,3-9H2,1-2H3,(H,14,15). The molecule has 0 saturated carbocycles. The van der Waals surface area contributed by atoms with E-state index in [1.54, 1.807) is 0 Å². The molecule has 1 saturated heterocycles. The van der Waals surface area contributed by atoms with Crippen LogP contribution in [0.3, 0.4) is 0 Å². The number of hydrogen-bond acceptors (Lipinski definition) is 3. The molecule has 0 atom stereocenters. The fourth-order valence-corrected chi connectivity index (χ4v) is 1.97. The molecule has 0 aromatic carbocycles. The molecular weight excluding hydrogens is 192 g/mol. The molecular formula is C11H22N2O2. The number of piperazine rings is 1. The van der Waals surface area contributed by atoms with Crippen molar-refractivity contribution < 1.29 is 9.90 Å². The third-order valence-corrected chi connectivity index (χ3v) is 2.73. The lowest BCUT2D eigenvalue weighted by molar-refractivity contribution is -0.137. The molecule has 1 rings (SSSR count). The Hall–Kier alpha value is -0.610. The number of aliphatic carboxylic acids is 1. The van der Waals surface area contributed by atoms with Gasteiger partial charge in [-0.3, -0.25) is 4.79 Å². The van der Waals surface area contributed by atoms with Gasteiger partial charge in [0.25, 0.3) is 0 Å². The number of carboxylic acids is 1. The molecule has 4 heteroatoms. The highest BCUT2D eigenvalue weighted by atomic mass is 16.4. The van der Waals surface area contributed by atoms with Gasteiger partial charge in [-0.2, -0.15) is 0 Å². The van der Waals surface area contributed by atoms with Crippen LogP contribution in [0.2, 0.25) is 0 Å². The summed E-state index contributed by atoms with van der Waals surface area (Å²) in [5.74, 6) is 0.0233. The Kier molecular flexibility index (Phi) is 5.05. The predicted molar refractivity (Wildman–Crippen MR) is 60.0 cm³/mol. The molecule has 0 bridgehead atoms. The van der Waals surface area contributed by atoms with Gasteiger partial charge in [0, 0.05) is 39.3 Å². The lowest BCUT2D eigenvalue weighted by atomic mass is 10.2. The van der Waals surface area contributed by atoms with E-state index >= 15 is 0 Å². The Morgan fingerprint density at radius 2 is 1.73 bits per heavy atom. The Balaban J connectivity index is 2.15. The van der Waals surface area contributed by atoms with Crippen molar-refractivity contribution in [1.29, 1.82) is 0 Å². The van der Waals surface area contributed by atoms with Crippen LogP contribution in [0.25, 0.3) is 0 Å². The van der Waals surface area contributed by atoms with Gasteiger partial charge in [0.2, 0.25) is 0 Å². The first-order valence-corrected chi connectivity index (χ1v) is 5.74. The molecule has 1 heterocycles. The number of rotatable bonds is 5. The van der Waals surface area contributed by atoms with Gasteiger partial charge in [0.1, 0.15) is 0 Å². The van der Waals surface area contributed by atoms with E-state index in [0.29, 0.717) is 6.54 Å². The van der Waals surface area contributed by atoms with Crippen molar-refractivity contribution in [2.24, 2.45) is 5.92 Å². The van der Waals surface area contributed by atoms with Crippen LogP contribution >= 0.6 is 0 Å². The minimum absolute atomic E-state index is 0.268. The van der Waals surface area contributed by atoms with Gasteiger partial charge < -0.3 is 14.9 Å². The summed E-state index contributed by atoms with van der Waals surface area (Å²) in [7, 11) is 0. The molecule has 0 aromatic heterocycles. The van der Waals surface area contributed by atoms with Crippen LogP contribution in [-0.2, 0) is 4.79 Å². The quantitative estimate of drug-likeness (QED) is 0.733. The number of carboxylic acid groups (broad SMARTS) is 1. The first kappa shape index (κ1) is 12.5. The van der Waals surface area contributed by atoms with Gasteiger partial charge in [-0.1, -0.05) is 13.8 Å². The van der Waals surface area contributed by atoms with E-state index in [1.807, 2.05) is 0 Å². The summed E-state index contributed by atoms with van der Waals surface area (Å²) >= 11 is 0. The SMILES string of the molecule is CC(C)CN1CCN(CCC(=O)O)CC1. The van der Waals surface area contributed by atoms with Crippen LogP contribution in [0.5, 0.6) is 0 Å². The van der Waals surface area contributed by atoms with Gasteiger partial charge in [-0.15, -0.1) is 0 Å². The van der Waals surface area contributed by atoms with Crippen LogP contribution in [-0.4, -0.2) is 60.1 Å². The van der Waals surface area contributed by atoms with Crippen molar-refractivity contribution in [1.82, 2.24) is 9.80 Å². The molecule has 4 nitrogen and oxygen atoms in total. The molecule has 15 heavy (non-hydrogen) atoms. The normalized spacial score (nSPS) is 19.7. The summed E-state index contributed by atoms with van der Waals surface area (Å²) in [5.41, 5.74) is 0. The van der Waals surface area contributed by atoms with E-state index in [4.69, 9.17) is 5.11 Å². The Bertz CT molecular complexity index is 199. The van der Waals surface area contributed by atoms with Gasteiger partial charge in [0.05, 0.1) is 6.42 Å². The molecule has 0 radical (unpaired) electrons. The highest BCUT2D eigenvalue weighted by Gasteiger charge is 2.17. The summed E-state index contributed by atoms with van der Waals surface area (Å²) in [6, 6.07) is 0. The molecule has 1 fully saturated rings. The van der Waals surface area contributed by atoms with Crippen molar-refractivity contribution >= 4 is 5.97 Å². The number of carbonyl (C=O) groups is 1. The second-order valence-electron chi connectivity index (χ2n) is 4.68. The smallest absolute Gasteiger partial charge is 0.304 e. The Morgan fingerprint density at radius 1 is 1.20 bits per heavy atom. The van der Waals surface area contributed by atoms with E-state index in [-0.39, 0.29) is 6.42 Å². The summed E-state index contributed by atoms with van der Waals surface area (Å²) in [5, 5.41) is 8.58. The molecule has 0 aromatic rings. The minimum Gasteiger partial charge on any atom is -0.481 e. The largest absolute Gasteiger partial charge is 0.481 e. The Morgan fingerprint density at radius 3 is 2.20 bits per heavy atom. The molecule has 0 unspecified atom stereocenters. The van der Waals surface area contributed by atoms with Crippen molar-refractivity contribution in [3.8, 4) is 0 Å². The molecule has 0 amide bonds. The average Bonchev–Trinajstić information content (AvgIpc) is 2.16. The van der Waals surface area contributed by atoms with E-state index in [0.717, 1.165) is 38.6 Å². The minimum atomic E-state index is -0.695. The van der Waals surface area contributed by atoms with Crippen molar-refractivity contribution in [2.75, 3.05) is 39.3 Å². The number of nitrogens with zero attached hydrogens (tertiary/aromatic N) is 2. The third-order valence-electron chi connectivity index (χ3n) is 2.73. The van der Waals surface area contributed by atoms with Crippen molar-refractivity contribution in [3.05, 3.63) is 0 Å². The highest BCUT2D eigenvalue weighted by molar-refractivity contribution is 5.66. The zero-order chi connectivity index (χ0) is 11.3. The Labute approximate surface area is 91.9 Å². The van der Waals surface area contributed by atoms with Crippen LogP contribution < -0.4 is 0 Å². The topological polar surface area (TPSA) is 43.8 Å². The molecule has 0 spiro atoms. The van der Waals surface area contributed by atoms with E-state index < -0.39 is 5.97 Å². The monoisotopic (exact) mass is 214 g/mol.